The Bertz CT molecular complexity index is 161. The van der Waals surface area contributed by atoms with Crippen LogP contribution in [0.3, 0.4) is 0 Å². The highest BCUT2D eigenvalue weighted by atomic mass is 15.2. The smallest absolute Gasteiger partial charge is 0.0107 e. The van der Waals surface area contributed by atoms with Gasteiger partial charge in [-0.2, -0.15) is 0 Å². The van der Waals surface area contributed by atoms with Gasteiger partial charge in [0.2, 0.25) is 0 Å². The van der Waals surface area contributed by atoms with Crippen LogP contribution in [0.25, 0.3) is 0 Å². The first-order valence-electron chi connectivity index (χ1n) is 6.94. The van der Waals surface area contributed by atoms with Crippen molar-refractivity contribution in [3.63, 3.8) is 0 Å². The molecule has 1 unspecified atom stereocenters. The maximum absolute atomic E-state index is 3.52. The summed E-state index contributed by atoms with van der Waals surface area (Å²) in [5.41, 5.74) is 0. The van der Waals surface area contributed by atoms with E-state index in [2.05, 4.69) is 22.5 Å². The first kappa shape index (κ1) is 13.9. The van der Waals surface area contributed by atoms with E-state index in [0.717, 1.165) is 5.92 Å². The second kappa shape index (κ2) is 8.97. The van der Waals surface area contributed by atoms with E-state index in [4.69, 9.17) is 0 Å². The predicted octanol–water partition coefficient (Wildman–Crippen LogP) is 1.31. The summed E-state index contributed by atoms with van der Waals surface area (Å²) in [6, 6.07) is 0. The monoisotopic (exact) mass is 227 g/mol. The van der Waals surface area contributed by atoms with Crippen molar-refractivity contribution < 1.29 is 0 Å². The van der Waals surface area contributed by atoms with Crippen LogP contribution < -0.4 is 10.6 Å². The minimum atomic E-state index is 0.933. The molecule has 1 aliphatic rings. The molecule has 0 amide bonds. The Labute approximate surface area is 101 Å². The molecule has 0 spiro atoms. The first-order valence-corrected chi connectivity index (χ1v) is 6.94. The molecule has 2 N–H and O–H groups in total. The molecule has 3 nitrogen and oxygen atoms in total. The maximum atomic E-state index is 3.52. The van der Waals surface area contributed by atoms with Crippen LogP contribution in [0.5, 0.6) is 0 Å². The van der Waals surface area contributed by atoms with E-state index in [-0.39, 0.29) is 0 Å². The van der Waals surface area contributed by atoms with Gasteiger partial charge >= 0.3 is 0 Å². The Morgan fingerprint density at radius 2 is 2.12 bits per heavy atom. The van der Waals surface area contributed by atoms with Crippen LogP contribution in [-0.2, 0) is 0 Å². The van der Waals surface area contributed by atoms with Gasteiger partial charge in [-0.3, -0.25) is 0 Å². The Balaban J connectivity index is 1.94. The van der Waals surface area contributed by atoms with Crippen molar-refractivity contribution in [2.45, 2.75) is 32.6 Å². The van der Waals surface area contributed by atoms with Gasteiger partial charge in [-0.15, -0.1) is 0 Å². The summed E-state index contributed by atoms with van der Waals surface area (Å²) in [6.45, 7) is 9.63. The molecule has 16 heavy (non-hydrogen) atoms. The fourth-order valence-corrected chi connectivity index (χ4v) is 2.36. The number of rotatable bonds is 9. The van der Waals surface area contributed by atoms with E-state index in [1.54, 1.807) is 0 Å². The zero-order chi connectivity index (χ0) is 11.6. The van der Waals surface area contributed by atoms with Crippen molar-refractivity contribution in [3.8, 4) is 0 Å². The lowest BCUT2D eigenvalue weighted by molar-refractivity contribution is 0.318. The van der Waals surface area contributed by atoms with Gasteiger partial charge in [0.15, 0.2) is 0 Å². The molecule has 1 atom stereocenters. The van der Waals surface area contributed by atoms with Gasteiger partial charge in [-0.1, -0.05) is 13.3 Å². The largest absolute Gasteiger partial charge is 0.320 e. The van der Waals surface area contributed by atoms with Crippen LogP contribution in [0.4, 0.5) is 0 Å². The third-order valence-corrected chi connectivity index (χ3v) is 3.48. The second-order valence-electron chi connectivity index (χ2n) is 4.95. The molecule has 0 aromatic heterocycles. The molecule has 1 aliphatic heterocycles. The van der Waals surface area contributed by atoms with Crippen LogP contribution in [0.1, 0.15) is 32.6 Å². The number of hydrogen-bond acceptors (Lipinski definition) is 3. The third-order valence-electron chi connectivity index (χ3n) is 3.48. The summed E-state index contributed by atoms with van der Waals surface area (Å²) in [6.07, 6.45) is 5.35. The first-order chi connectivity index (χ1) is 7.86. The minimum absolute atomic E-state index is 0.933. The van der Waals surface area contributed by atoms with Crippen molar-refractivity contribution in [1.29, 1.82) is 0 Å². The minimum Gasteiger partial charge on any atom is -0.320 e. The number of hydrogen-bond donors (Lipinski definition) is 2. The molecular formula is C13H29N3. The van der Waals surface area contributed by atoms with Crippen molar-refractivity contribution in [1.82, 2.24) is 15.5 Å². The molecule has 0 saturated carbocycles. The van der Waals surface area contributed by atoms with E-state index < -0.39 is 0 Å². The van der Waals surface area contributed by atoms with Crippen molar-refractivity contribution in [2.75, 3.05) is 46.3 Å². The topological polar surface area (TPSA) is 27.3 Å². The predicted molar refractivity (Wildman–Crippen MR) is 70.9 cm³/mol. The molecule has 0 aromatic carbocycles. The van der Waals surface area contributed by atoms with Gasteiger partial charge in [-0.25, -0.2) is 0 Å². The molecule has 0 aliphatic carbocycles. The van der Waals surface area contributed by atoms with Crippen molar-refractivity contribution >= 4 is 0 Å². The maximum Gasteiger partial charge on any atom is 0.0107 e. The van der Waals surface area contributed by atoms with Gasteiger partial charge in [-0.05, 0) is 51.9 Å². The van der Waals surface area contributed by atoms with Crippen LogP contribution in [0.2, 0.25) is 0 Å². The molecule has 3 heteroatoms. The molecule has 1 fully saturated rings. The zero-order valence-corrected chi connectivity index (χ0v) is 11.1. The highest BCUT2D eigenvalue weighted by molar-refractivity contribution is 4.76. The average molecular weight is 227 g/mol. The van der Waals surface area contributed by atoms with Gasteiger partial charge < -0.3 is 15.5 Å². The zero-order valence-electron chi connectivity index (χ0n) is 11.1. The fraction of sp³-hybridized carbons (Fsp3) is 1.00. The van der Waals surface area contributed by atoms with Gasteiger partial charge in [0.25, 0.3) is 0 Å². The highest BCUT2D eigenvalue weighted by Crippen LogP contribution is 2.18. The molecule has 1 rings (SSSR count). The summed E-state index contributed by atoms with van der Waals surface area (Å²) in [5, 5.41) is 6.76. The summed E-state index contributed by atoms with van der Waals surface area (Å²) < 4.78 is 0. The van der Waals surface area contributed by atoms with Gasteiger partial charge in [0.05, 0.1) is 0 Å². The lowest BCUT2D eigenvalue weighted by Crippen LogP contribution is -2.31. The highest BCUT2D eigenvalue weighted by Gasteiger charge is 2.20. The lowest BCUT2D eigenvalue weighted by atomic mass is 10.1. The van der Waals surface area contributed by atoms with Crippen molar-refractivity contribution in [2.24, 2.45) is 5.92 Å². The normalized spacial score (nSPS) is 21.8. The molecule has 1 heterocycles. The van der Waals surface area contributed by atoms with E-state index in [1.807, 2.05) is 7.05 Å². The summed E-state index contributed by atoms with van der Waals surface area (Å²) >= 11 is 0. The second-order valence-corrected chi connectivity index (χ2v) is 4.95. The molecule has 0 radical (unpaired) electrons. The SMILES string of the molecule is CCCCNCCN1CCC(CCNC)C1. The van der Waals surface area contributed by atoms with E-state index >= 15 is 0 Å². The standard InChI is InChI=1S/C13H29N3/c1-3-4-7-15-9-11-16-10-6-13(12-16)5-8-14-2/h13-15H,3-12H2,1-2H3. The van der Waals surface area contributed by atoms with Gasteiger partial charge in [0.1, 0.15) is 0 Å². The van der Waals surface area contributed by atoms with Gasteiger partial charge in [0, 0.05) is 19.6 Å². The Hall–Kier alpha value is -0.120. The van der Waals surface area contributed by atoms with Crippen LogP contribution in [-0.4, -0.2) is 51.2 Å². The van der Waals surface area contributed by atoms with Crippen LogP contribution >= 0.6 is 0 Å². The Morgan fingerprint density at radius 1 is 1.25 bits per heavy atom. The molecular weight excluding hydrogens is 198 g/mol. The summed E-state index contributed by atoms with van der Waals surface area (Å²) in [5.74, 6) is 0.933. The van der Waals surface area contributed by atoms with Crippen LogP contribution in [0, 0.1) is 5.92 Å². The number of nitrogens with one attached hydrogen (secondary N) is 2. The van der Waals surface area contributed by atoms with E-state index in [1.165, 1.54) is 65.0 Å². The Kier molecular flexibility index (Phi) is 7.81. The molecule has 0 bridgehead atoms. The quantitative estimate of drug-likeness (QED) is 0.582. The van der Waals surface area contributed by atoms with E-state index in [0.29, 0.717) is 0 Å². The van der Waals surface area contributed by atoms with Crippen LogP contribution in [0.15, 0.2) is 0 Å². The lowest BCUT2D eigenvalue weighted by Gasteiger charge is -2.16. The molecule has 96 valence electrons. The summed E-state index contributed by atoms with van der Waals surface area (Å²) in [7, 11) is 2.05. The summed E-state index contributed by atoms with van der Waals surface area (Å²) in [4.78, 5) is 2.61. The number of nitrogens with zero attached hydrogens (tertiary/aromatic N) is 1. The number of likely N-dealkylation sites (tertiary alicyclic amines) is 1. The van der Waals surface area contributed by atoms with Crippen molar-refractivity contribution in [3.05, 3.63) is 0 Å². The average Bonchev–Trinajstić information content (AvgIpc) is 2.74. The number of unbranched alkanes of at least 4 members (excludes halogenated alkanes) is 1. The third kappa shape index (κ3) is 5.83. The molecule has 1 saturated heterocycles. The van der Waals surface area contributed by atoms with E-state index in [9.17, 15) is 0 Å². The fourth-order valence-electron chi connectivity index (χ4n) is 2.36. The Morgan fingerprint density at radius 3 is 2.88 bits per heavy atom. The molecule has 0 aromatic rings.